The Bertz CT molecular complexity index is 888. The molecule has 1 heterocycles. The highest BCUT2D eigenvalue weighted by Crippen LogP contribution is 2.27. The third-order valence-electron chi connectivity index (χ3n) is 3.80. The van der Waals surface area contributed by atoms with E-state index in [1.807, 2.05) is 54.1 Å². The van der Waals surface area contributed by atoms with Gasteiger partial charge in [0.2, 0.25) is 0 Å². The molecule has 108 valence electrons. The lowest BCUT2D eigenvalue weighted by molar-refractivity contribution is 0.0976. The summed E-state index contributed by atoms with van der Waals surface area (Å²) in [5.74, 6) is -0.987. The van der Waals surface area contributed by atoms with Gasteiger partial charge < -0.3 is 4.57 Å². The number of nitrogens with zero attached hydrogens (tertiary/aromatic N) is 2. The van der Waals surface area contributed by atoms with Gasteiger partial charge in [0, 0.05) is 28.3 Å². The van der Waals surface area contributed by atoms with Crippen LogP contribution in [0, 0.1) is 11.3 Å². The molecule has 2 aromatic carbocycles. The van der Waals surface area contributed by atoms with E-state index in [2.05, 4.69) is 22.0 Å². The minimum atomic E-state index is -0.807. The van der Waals surface area contributed by atoms with E-state index in [1.165, 1.54) is 0 Å². The SMILES string of the molecule is Cn1c(C(C#N)C(=O)c2ccc(Br)cc2)cc2ccccc21. The maximum atomic E-state index is 12.7. The average molecular weight is 353 g/mol. The van der Waals surface area contributed by atoms with Gasteiger partial charge in [0.1, 0.15) is 5.92 Å². The van der Waals surface area contributed by atoms with E-state index in [0.29, 0.717) is 5.56 Å². The summed E-state index contributed by atoms with van der Waals surface area (Å²) in [6.45, 7) is 0. The summed E-state index contributed by atoms with van der Waals surface area (Å²) in [5.41, 5.74) is 2.28. The number of fused-ring (bicyclic) bond motifs is 1. The van der Waals surface area contributed by atoms with Crippen molar-refractivity contribution in [1.29, 1.82) is 5.26 Å². The highest BCUT2D eigenvalue weighted by atomic mass is 79.9. The fourth-order valence-corrected chi connectivity index (χ4v) is 2.89. The van der Waals surface area contributed by atoms with Gasteiger partial charge in [0.25, 0.3) is 0 Å². The zero-order chi connectivity index (χ0) is 15.7. The molecule has 0 aliphatic carbocycles. The Kier molecular flexibility index (Phi) is 3.82. The first-order valence-electron chi connectivity index (χ1n) is 6.85. The van der Waals surface area contributed by atoms with Gasteiger partial charge >= 0.3 is 0 Å². The van der Waals surface area contributed by atoms with Crippen LogP contribution in [0.25, 0.3) is 10.9 Å². The first-order chi connectivity index (χ1) is 10.6. The van der Waals surface area contributed by atoms with Crippen molar-refractivity contribution < 1.29 is 4.79 Å². The van der Waals surface area contributed by atoms with Crippen LogP contribution in [0.4, 0.5) is 0 Å². The Morgan fingerprint density at radius 3 is 2.50 bits per heavy atom. The lowest BCUT2D eigenvalue weighted by Gasteiger charge is -2.10. The van der Waals surface area contributed by atoms with Crippen molar-refractivity contribution in [2.45, 2.75) is 5.92 Å². The molecular weight excluding hydrogens is 340 g/mol. The molecule has 0 N–H and O–H groups in total. The molecule has 0 saturated heterocycles. The number of aromatic nitrogens is 1. The number of hydrogen-bond donors (Lipinski definition) is 0. The first kappa shape index (κ1) is 14.6. The van der Waals surface area contributed by atoms with Crippen molar-refractivity contribution in [3.05, 3.63) is 70.3 Å². The topological polar surface area (TPSA) is 45.8 Å². The summed E-state index contributed by atoms with van der Waals surface area (Å²) in [6.07, 6.45) is 0. The maximum absolute atomic E-state index is 12.7. The predicted molar refractivity (Wildman–Crippen MR) is 89.7 cm³/mol. The Balaban J connectivity index is 2.06. The largest absolute Gasteiger partial charge is 0.346 e. The molecule has 3 aromatic rings. The van der Waals surface area contributed by atoms with Gasteiger partial charge in [-0.15, -0.1) is 0 Å². The van der Waals surface area contributed by atoms with Crippen molar-refractivity contribution in [2.24, 2.45) is 7.05 Å². The molecule has 0 radical (unpaired) electrons. The van der Waals surface area contributed by atoms with Gasteiger partial charge in [-0.05, 0) is 29.7 Å². The number of carbonyl (C=O) groups excluding carboxylic acids is 1. The minimum Gasteiger partial charge on any atom is -0.346 e. The zero-order valence-corrected chi connectivity index (χ0v) is 13.5. The molecule has 1 unspecified atom stereocenters. The second-order valence-corrected chi connectivity index (χ2v) is 6.04. The molecule has 0 spiro atoms. The van der Waals surface area contributed by atoms with Crippen molar-refractivity contribution in [3.8, 4) is 6.07 Å². The monoisotopic (exact) mass is 352 g/mol. The summed E-state index contributed by atoms with van der Waals surface area (Å²) in [6, 6.07) is 19.0. The molecule has 3 rings (SSSR count). The number of aryl methyl sites for hydroxylation is 1. The minimum absolute atomic E-state index is 0.180. The van der Waals surface area contributed by atoms with Crippen molar-refractivity contribution >= 4 is 32.6 Å². The summed E-state index contributed by atoms with van der Waals surface area (Å²) < 4.78 is 2.82. The number of benzene rings is 2. The molecule has 0 saturated carbocycles. The lowest BCUT2D eigenvalue weighted by Crippen LogP contribution is -2.14. The van der Waals surface area contributed by atoms with E-state index in [-0.39, 0.29) is 5.78 Å². The number of halogens is 1. The smallest absolute Gasteiger partial charge is 0.185 e. The molecule has 0 fully saturated rings. The van der Waals surface area contributed by atoms with Gasteiger partial charge in [-0.3, -0.25) is 4.79 Å². The number of ketones is 1. The van der Waals surface area contributed by atoms with Crippen LogP contribution in [-0.2, 0) is 7.05 Å². The van der Waals surface area contributed by atoms with Gasteiger partial charge in [0.15, 0.2) is 5.78 Å². The molecule has 0 amide bonds. The van der Waals surface area contributed by atoms with Crippen LogP contribution in [0.3, 0.4) is 0 Å². The molecule has 0 bridgehead atoms. The molecule has 0 aliphatic rings. The normalized spacial score (nSPS) is 12.0. The second kappa shape index (κ2) is 5.78. The van der Waals surface area contributed by atoms with E-state index in [0.717, 1.165) is 21.1 Å². The fourth-order valence-electron chi connectivity index (χ4n) is 2.63. The van der Waals surface area contributed by atoms with Crippen LogP contribution >= 0.6 is 15.9 Å². The predicted octanol–water partition coefficient (Wildman–Crippen LogP) is 4.43. The number of para-hydroxylation sites is 1. The first-order valence-corrected chi connectivity index (χ1v) is 7.65. The van der Waals surface area contributed by atoms with Crippen molar-refractivity contribution in [1.82, 2.24) is 4.57 Å². The van der Waals surface area contributed by atoms with Crippen molar-refractivity contribution in [2.75, 3.05) is 0 Å². The van der Waals surface area contributed by atoms with Gasteiger partial charge in [-0.25, -0.2) is 0 Å². The Hall–Kier alpha value is -2.38. The Labute approximate surface area is 136 Å². The maximum Gasteiger partial charge on any atom is 0.185 e. The van der Waals surface area contributed by atoms with Crippen LogP contribution in [0.15, 0.2) is 59.1 Å². The molecular formula is C18H13BrN2O. The highest BCUT2D eigenvalue weighted by molar-refractivity contribution is 9.10. The second-order valence-electron chi connectivity index (χ2n) is 5.12. The zero-order valence-electron chi connectivity index (χ0n) is 12.0. The number of hydrogen-bond acceptors (Lipinski definition) is 2. The Morgan fingerprint density at radius 2 is 1.86 bits per heavy atom. The molecule has 3 nitrogen and oxygen atoms in total. The summed E-state index contributed by atoms with van der Waals surface area (Å²) >= 11 is 3.35. The number of rotatable bonds is 3. The highest BCUT2D eigenvalue weighted by Gasteiger charge is 2.25. The van der Waals surface area contributed by atoms with Crippen LogP contribution in [0.5, 0.6) is 0 Å². The van der Waals surface area contributed by atoms with E-state index >= 15 is 0 Å². The van der Waals surface area contributed by atoms with E-state index < -0.39 is 5.92 Å². The quantitative estimate of drug-likeness (QED) is 0.654. The average Bonchev–Trinajstić information content (AvgIpc) is 2.86. The van der Waals surface area contributed by atoms with Gasteiger partial charge in [-0.2, -0.15) is 5.26 Å². The van der Waals surface area contributed by atoms with E-state index in [4.69, 9.17) is 0 Å². The third-order valence-corrected chi connectivity index (χ3v) is 4.33. The summed E-state index contributed by atoms with van der Waals surface area (Å²) in [7, 11) is 1.89. The van der Waals surface area contributed by atoms with E-state index in [9.17, 15) is 10.1 Å². The summed E-state index contributed by atoms with van der Waals surface area (Å²) in [5, 5.41) is 10.6. The van der Waals surface area contributed by atoms with E-state index in [1.54, 1.807) is 12.1 Å². The molecule has 22 heavy (non-hydrogen) atoms. The molecule has 4 heteroatoms. The fraction of sp³-hybridized carbons (Fsp3) is 0.111. The molecule has 1 aromatic heterocycles. The lowest BCUT2D eigenvalue weighted by atomic mass is 9.96. The molecule has 1 atom stereocenters. The standard InChI is InChI=1S/C18H13BrN2O/c1-21-16-5-3-2-4-13(16)10-17(21)15(11-20)18(22)12-6-8-14(19)9-7-12/h2-10,15H,1H3. The van der Waals surface area contributed by atoms with Crippen LogP contribution in [0.2, 0.25) is 0 Å². The Morgan fingerprint density at radius 1 is 1.18 bits per heavy atom. The van der Waals surface area contributed by atoms with Crippen LogP contribution < -0.4 is 0 Å². The number of Topliss-reactive ketones (excluding diaryl/α,β-unsaturated/α-hetero) is 1. The van der Waals surface area contributed by atoms with Crippen LogP contribution in [-0.4, -0.2) is 10.4 Å². The van der Waals surface area contributed by atoms with Crippen molar-refractivity contribution in [3.63, 3.8) is 0 Å². The number of nitriles is 1. The van der Waals surface area contributed by atoms with Gasteiger partial charge in [-0.1, -0.05) is 46.3 Å². The number of carbonyl (C=O) groups is 1. The summed E-state index contributed by atoms with van der Waals surface area (Å²) in [4.78, 5) is 12.7. The third kappa shape index (κ3) is 2.44. The van der Waals surface area contributed by atoms with Gasteiger partial charge in [0.05, 0.1) is 6.07 Å². The van der Waals surface area contributed by atoms with Crippen LogP contribution in [0.1, 0.15) is 22.0 Å². The molecule has 0 aliphatic heterocycles.